The molecule has 1 aromatic rings. The van der Waals surface area contributed by atoms with Crippen molar-refractivity contribution in [3.05, 3.63) is 29.8 Å². The Morgan fingerprint density at radius 2 is 2.37 bits per heavy atom. The average Bonchev–Trinajstić information content (AvgIpc) is 2.47. The zero-order valence-electron chi connectivity index (χ0n) is 11.8. The first-order chi connectivity index (χ1) is 9.24. The van der Waals surface area contributed by atoms with Crippen molar-refractivity contribution in [2.24, 2.45) is 5.73 Å². The minimum absolute atomic E-state index is 0.0160. The predicted molar refractivity (Wildman–Crippen MR) is 76.4 cm³/mol. The van der Waals surface area contributed by atoms with E-state index < -0.39 is 0 Å². The number of benzene rings is 1. The van der Waals surface area contributed by atoms with Crippen LogP contribution in [0.2, 0.25) is 0 Å². The molecule has 4 heteroatoms. The minimum atomic E-state index is 0.0160. The molecule has 1 aromatic carbocycles. The normalized spacial score (nSPS) is 22.2. The molecule has 1 saturated heterocycles. The smallest absolute Gasteiger partial charge is 0.119 e. The van der Waals surface area contributed by atoms with Gasteiger partial charge in [0.15, 0.2) is 0 Å². The fraction of sp³-hybridized carbons (Fsp3) is 0.600. The summed E-state index contributed by atoms with van der Waals surface area (Å²) in [6.45, 7) is 5.66. The van der Waals surface area contributed by atoms with Gasteiger partial charge in [-0.05, 0) is 24.1 Å². The maximum atomic E-state index is 6.33. The quantitative estimate of drug-likeness (QED) is 0.881. The highest BCUT2D eigenvalue weighted by molar-refractivity contribution is 5.30. The maximum Gasteiger partial charge on any atom is 0.119 e. The summed E-state index contributed by atoms with van der Waals surface area (Å²) in [6, 6.07) is 8.53. The van der Waals surface area contributed by atoms with E-state index in [1.807, 2.05) is 18.2 Å². The van der Waals surface area contributed by atoms with Crippen LogP contribution in [0.25, 0.3) is 0 Å². The Morgan fingerprint density at radius 3 is 3.11 bits per heavy atom. The van der Waals surface area contributed by atoms with Crippen molar-refractivity contribution < 1.29 is 9.47 Å². The molecule has 0 aromatic heterocycles. The van der Waals surface area contributed by atoms with E-state index in [2.05, 4.69) is 17.9 Å². The first-order valence-electron chi connectivity index (χ1n) is 6.96. The SMILES string of the molecule is CCC1COCCN1CC(N)c1cccc(OC)c1. The van der Waals surface area contributed by atoms with Crippen molar-refractivity contribution in [1.29, 1.82) is 0 Å². The molecule has 2 N–H and O–H groups in total. The van der Waals surface area contributed by atoms with Gasteiger partial charge in [-0.15, -0.1) is 0 Å². The van der Waals surface area contributed by atoms with Gasteiger partial charge in [0.2, 0.25) is 0 Å². The lowest BCUT2D eigenvalue weighted by Crippen LogP contribution is -2.47. The van der Waals surface area contributed by atoms with Crippen LogP contribution in [0.4, 0.5) is 0 Å². The Morgan fingerprint density at radius 1 is 1.53 bits per heavy atom. The molecular weight excluding hydrogens is 240 g/mol. The molecule has 0 bridgehead atoms. The standard InChI is InChI=1S/C15H24N2O2/c1-3-13-11-19-8-7-17(13)10-15(16)12-5-4-6-14(9-12)18-2/h4-6,9,13,15H,3,7-8,10-11,16H2,1-2H3. The maximum absolute atomic E-state index is 6.33. The third kappa shape index (κ3) is 3.69. The zero-order chi connectivity index (χ0) is 13.7. The van der Waals surface area contributed by atoms with Crippen molar-refractivity contribution in [1.82, 2.24) is 4.90 Å². The molecule has 2 rings (SSSR count). The van der Waals surface area contributed by atoms with E-state index in [0.29, 0.717) is 6.04 Å². The summed E-state index contributed by atoms with van der Waals surface area (Å²) in [5.74, 6) is 0.863. The highest BCUT2D eigenvalue weighted by Gasteiger charge is 2.23. The van der Waals surface area contributed by atoms with Gasteiger partial charge in [0.05, 0.1) is 20.3 Å². The van der Waals surface area contributed by atoms with Crippen LogP contribution >= 0.6 is 0 Å². The second-order valence-electron chi connectivity index (χ2n) is 5.02. The van der Waals surface area contributed by atoms with Crippen LogP contribution in [-0.2, 0) is 4.74 Å². The average molecular weight is 264 g/mol. The number of rotatable bonds is 5. The van der Waals surface area contributed by atoms with Gasteiger partial charge in [0.1, 0.15) is 5.75 Å². The van der Waals surface area contributed by atoms with E-state index in [4.69, 9.17) is 15.2 Å². The molecule has 1 aliphatic heterocycles. The largest absolute Gasteiger partial charge is 0.497 e. The lowest BCUT2D eigenvalue weighted by atomic mass is 10.0. The van der Waals surface area contributed by atoms with Crippen molar-refractivity contribution in [2.45, 2.75) is 25.4 Å². The predicted octanol–water partition coefficient (Wildman–Crippen LogP) is 1.81. The van der Waals surface area contributed by atoms with Gasteiger partial charge in [-0.2, -0.15) is 0 Å². The van der Waals surface area contributed by atoms with Gasteiger partial charge >= 0.3 is 0 Å². The zero-order valence-corrected chi connectivity index (χ0v) is 11.8. The van der Waals surface area contributed by atoms with Gasteiger partial charge in [0, 0.05) is 25.2 Å². The van der Waals surface area contributed by atoms with Crippen molar-refractivity contribution in [3.8, 4) is 5.75 Å². The lowest BCUT2D eigenvalue weighted by Gasteiger charge is -2.36. The van der Waals surface area contributed by atoms with Crippen LogP contribution in [0.15, 0.2) is 24.3 Å². The fourth-order valence-electron chi connectivity index (χ4n) is 2.54. The number of methoxy groups -OCH3 is 1. The molecule has 4 nitrogen and oxygen atoms in total. The van der Waals surface area contributed by atoms with Crippen LogP contribution < -0.4 is 10.5 Å². The van der Waals surface area contributed by atoms with Gasteiger partial charge in [0.25, 0.3) is 0 Å². The Labute approximate surface area is 115 Å². The van der Waals surface area contributed by atoms with Crippen molar-refractivity contribution in [3.63, 3.8) is 0 Å². The topological polar surface area (TPSA) is 47.7 Å². The molecule has 19 heavy (non-hydrogen) atoms. The Balaban J connectivity index is 2.00. The molecule has 2 unspecified atom stereocenters. The van der Waals surface area contributed by atoms with Gasteiger partial charge < -0.3 is 15.2 Å². The fourth-order valence-corrected chi connectivity index (χ4v) is 2.54. The summed E-state index contributed by atoms with van der Waals surface area (Å²) in [7, 11) is 1.68. The summed E-state index contributed by atoms with van der Waals surface area (Å²) in [4.78, 5) is 2.44. The molecule has 0 radical (unpaired) electrons. The van der Waals surface area contributed by atoms with E-state index in [0.717, 1.165) is 44.0 Å². The van der Waals surface area contributed by atoms with Gasteiger partial charge in [-0.3, -0.25) is 4.90 Å². The molecule has 1 aliphatic rings. The van der Waals surface area contributed by atoms with E-state index in [9.17, 15) is 0 Å². The van der Waals surface area contributed by atoms with E-state index in [1.54, 1.807) is 7.11 Å². The summed E-state index contributed by atoms with van der Waals surface area (Å²) >= 11 is 0. The van der Waals surface area contributed by atoms with Crippen molar-refractivity contribution in [2.75, 3.05) is 33.4 Å². The summed E-state index contributed by atoms with van der Waals surface area (Å²) < 4.78 is 10.8. The summed E-state index contributed by atoms with van der Waals surface area (Å²) in [5.41, 5.74) is 7.45. The Hall–Kier alpha value is -1.10. The third-order valence-corrected chi connectivity index (χ3v) is 3.77. The third-order valence-electron chi connectivity index (χ3n) is 3.77. The monoisotopic (exact) mass is 264 g/mol. The Kier molecular flexibility index (Phi) is 5.19. The number of ether oxygens (including phenoxy) is 2. The minimum Gasteiger partial charge on any atom is -0.497 e. The number of hydrogen-bond donors (Lipinski definition) is 1. The van der Waals surface area contributed by atoms with Gasteiger partial charge in [-0.25, -0.2) is 0 Å². The summed E-state index contributed by atoms with van der Waals surface area (Å²) in [6.07, 6.45) is 1.10. The van der Waals surface area contributed by atoms with Crippen LogP contribution in [0.5, 0.6) is 5.75 Å². The molecule has 0 saturated carbocycles. The highest BCUT2D eigenvalue weighted by atomic mass is 16.5. The highest BCUT2D eigenvalue weighted by Crippen LogP contribution is 2.20. The molecule has 1 fully saturated rings. The molecule has 0 spiro atoms. The number of morpholine rings is 1. The first kappa shape index (κ1) is 14.3. The van der Waals surface area contributed by atoms with E-state index >= 15 is 0 Å². The lowest BCUT2D eigenvalue weighted by molar-refractivity contribution is -0.0110. The van der Waals surface area contributed by atoms with Gasteiger partial charge in [-0.1, -0.05) is 19.1 Å². The van der Waals surface area contributed by atoms with E-state index in [1.165, 1.54) is 0 Å². The van der Waals surface area contributed by atoms with Crippen LogP contribution in [0.3, 0.4) is 0 Å². The van der Waals surface area contributed by atoms with Crippen LogP contribution in [0.1, 0.15) is 24.9 Å². The van der Waals surface area contributed by atoms with Crippen LogP contribution in [-0.4, -0.2) is 44.4 Å². The number of nitrogens with zero attached hydrogens (tertiary/aromatic N) is 1. The van der Waals surface area contributed by atoms with E-state index in [-0.39, 0.29) is 6.04 Å². The number of hydrogen-bond acceptors (Lipinski definition) is 4. The van der Waals surface area contributed by atoms with Crippen molar-refractivity contribution >= 4 is 0 Å². The second kappa shape index (κ2) is 6.89. The molecule has 1 heterocycles. The first-order valence-corrected chi connectivity index (χ1v) is 6.96. The summed E-state index contributed by atoms with van der Waals surface area (Å²) in [5, 5.41) is 0. The number of nitrogens with two attached hydrogens (primary N) is 1. The second-order valence-corrected chi connectivity index (χ2v) is 5.02. The molecular formula is C15H24N2O2. The van der Waals surface area contributed by atoms with Crippen LogP contribution in [0, 0.1) is 0 Å². The molecule has 2 atom stereocenters. The molecule has 106 valence electrons. The molecule has 0 amide bonds. The Bertz CT molecular complexity index is 397. The molecule has 0 aliphatic carbocycles.